The zero-order chi connectivity index (χ0) is 25.1. The lowest BCUT2D eigenvalue weighted by atomic mass is 9.89. The maximum Gasteiger partial charge on any atom is 0.452 e. The minimum absolute atomic E-state index is 0.237. The third-order valence-corrected chi connectivity index (χ3v) is 6.43. The van der Waals surface area contributed by atoms with Gasteiger partial charge in [-0.25, -0.2) is 9.97 Å². The van der Waals surface area contributed by atoms with Gasteiger partial charge in [0.05, 0.1) is 0 Å². The highest BCUT2D eigenvalue weighted by molar-refractivity contribution is 5.97. The van der Waals surface area contributed by atoms with Crippen molar-refractivity contribution in [2.24, 2.45) is 0 Å². The van der Waals surface area contributed by atoms with Gasteiger partial charge in [0, 0.05) is 31.3 Å². The van der Waals surface area contributed by atoms with E-state index in [1.165, 1.54) is 5.56 Å². The van der Waals surface area contributed by atoms with E-state index < -0.39 is 23.4 Å². The molecule has 5 rings (SSSR count). The molecule has 1 aliphatic rings. The Balaban J connectivity index is 1.27. The second-order valence-electron chi connectivity index (χ2n) is 8.86. The van der Waals surface area contributed by atoms with Crippen LogP contribution in [0.1, 0.15) is 46.1 Å². The third-order valence-electron chi connectivity index (χ3n) is 6.43. The molecule has 0 saturated carbocycles. The maximum atomic E-state index is 13.6. The van der Waals surface area contributed by atoms with Gasteiger partial charge in [-0.3, -0.25) is 4.79 Å². The number of pyridine rings is 1. The van der Waals surface area contributed by atoms with Crippen LogP contribution in [0, 0.1) is 0 Å². The highest BCUT2D eigenvalue weighted by atomic mass is 19.4. The van der Waals surface area contributed by atoms with Crippen molar-refractivity contribution in [1.82, 2.24) is 9.97 Å². The number of carbonyl (C=O) groups is 1. The smallest absolute Gasteiger partial charge is 0.431 e. The molecule has 1 fully saturated rings. The van der Waals surface area contributed by atoms with Crippen LogP contribution in [0.2, 0.25) is 0 Å². The lowest BCUT2D eigenvalue weighted by Crippen LogP contribution is -2.33. The van der Waals surface area contributed by atoms with Crippen LogP contribution in [0.3, 0.4) is 0 Å². The van der Waals surface area contributed by atoms with E-state index >= 15 is 0 Å². The fourth-order valence-corrected chi connectivity index (χ4v) is 4.55. The number of rotatable bonds is 6. The number of halogens is 3. The first kappa shape index (κ1) is 23.8. The van der Waals surface area contributed by atoms with Gasteiger partial charge in [-0.15, -0.1) is 0 Å². The Labute approximate surface area is 206 Å². The van der Waals surface area contributed by atoms with Crippen molar-refractivity contribution in [2.45, 2.75) is 31.4 Å². The van der Waals surface area contributed by atoms with Gasteiger partial charge in [-0.05, 0) is 48.1 Å². The number of hydrogen-bond donors (Lipinski definition) is 0. The van der Waals surface area contributed by atoms with Crippen molar-refractivity contribution in [1.29, 1.82) is 0 Å². The molecule has 0 amide bonds. The van der Waals surface area contributed by atoms with Gasteiger partial charge in [-0.1, -0.05) is 54.6 Å². The minimum atomic E-state index is -4.83. The molecule has 36 heavy (non-hydrogen) atoms. The molecule has 2 aromatic heterocycles. The van der Waals surface area contributed by atoms with Crippen LogP contribution in [0.25, 0.3) is 11.5 Å². The summed E-state index contributed by atoms with van der Waals surface area (Å²) in [6.07, 6.45) is -1.52. The molecule has 1 saturated heterocycles. The molecular weight excluding hydrogens is 467 g/mol. The number of carbonyl (C=O) groups excluding carboxylic acids is 1. The number of piperidine rings is 1. The number of ketones is 1. The molecule has 184 valence electrons. The summed E-state index contributed by atoms with van der Waals surface area (Å²) in [5.41, 5.74) is 1.51. The molecule has 0 bridgehead atoms. The van der Waals surface area contributed by atoms with Crippen LogP contribution in [-0.2, 0) is 12.6 Å². The standard InChI is InChI=1S/C28H24F3N3O2/c29-28(30,31)26-25(33-27(36-26)22-9-5-2-6-10-22)23(35)17-19-11-12-24(32-18-19)34-15-13-21(14-16-34)20-7-3-1-4-8-20/h1-12,18,21H,13-17H2. The Morgan fingerprint density at radius 3 is 2.22 bits per heavy atom. The quantitative estimate of drug-likeness (QED) is 0.286. The molecule has 0 spiro atoms. The largest absolute Gasteiger partial charge is 0.452 e. The van der Waals surface area contributed by atoms with Gasteiger partial charge in [0.1, 0.15) is 5.82 Å². The summed E-state index contributed by atoms with van der Waals surface area (Å²) in [7, 11) is 0. The Kier molecular flexibility index (Phi) is 6.59. The minimum Gasteiger partial charge on any atom is -0.431 e. The van der Waals surface area contributed by atoms with E-state index in [4.69, 9.17) is 4.42 Å². The number of nitrogens with zero attached hydrogens (tertiary/aromatic N) is 3. The fourth-order valence-electron chi connectivity index (χ4n) is 4.55. The van der Waals surface area contributed by atoms with Crippen molar-refractivity contribution in [3.63, 3.8) is 0 Å². The molecule has 0 unspecified atom stereocenters. The average Bonchev–Trinajstić information content (AvgIpc) is 3.37. The number of aromatic nitrogens is 2. The molecule has 3 heterocycles. The van der Waals surface area contributed by atoms with E-state index in [1.807, 2.05) is 12.1 Å². The van der Waals surface area contributed by atoms with Gasteiger partial charge in [0.15, 0.2) is 11.5 Å². The van der Waals surface area contributed by atoms with Crippen molar-refractivity contribution < 1.29 is 22.4 Å². The molecule has 0 aliphatic carbocycles. The lowest BCUT2D eigenvalue weighted by Gasteiger charge is -2.33. The number of alkyl halides is 3. The molecule has 8 heteroatoms. The number of Topliss-reactive ketones (excluding diaryl/α,β-unsaturated/α-hetero) is 1. The van der Waals surface area contributed by atoms with E-state index in [9.17, 15) is 18.0 Å². The van der Waals surface area contributed by atoms with Crippen LogP contribution in [0.4, 0.5) is 19.0 Å². The molecule has 1 aliphatic heterocycles. The molecule has 0 atom stereocenters. The topological polar surface area (TPSA) is 59.2 Å². The summed E-state index contributed by atoms with van der Waals surface area (Å²) < 4.78 is 45.7. The number of benzene rings is 2. The van der Waals surface area contributed by atoms with Gasteiger partial charge in [0.2, 0.25) is 11.7 Å². The van der Waals surface area contributed by atoms with Crippen LogP contribution in [0.5, 0.6) is 0 Å². The first-order chi connectivity index (χ1) is 17.4. The Bertz CT molecular complexity index is 1310. The van der Waals surface area contributed by atoms with Gasteiger partial charge >= 0.3 is 6.18 Å². The summed E-state index contributed by atoms with van der Waals surface area (Å²) in [6, 6.07) is 22.2. The summed E-state index contributed by atoms with van der Waals surface area (Å²) >= 11 is 0. The van der Waals surface area contributed by atoms with Crippen molar-refractivity contribution in [3.05, 3.63) is 102 Å². The summed E-state index contributed by atoms with van der Waals surface area (Å²) in [5.74, 6) is -1.07. The lowest BCUT2D eigenvalue weighted by molar-refractivity contribution is -0.153. The zero-order valence-corrected chi connectivity index (χ0v) is 19.4. The molecule has 2 aromatic carbocycles. The molecule has 4 aromatic rings. The van der Waals surface area contributed by atoms with E-state index in [2.05, 4.69) is 39.1 Å². The van der Waals surface area contributed by atoms with E-state index in [1.54, 1.807) is 42.6 Å². The number of anilines is 1. The molecule has 0 radical (unpaired) electrons. The third kappa shape index (κ3) is 5.17. The normalized spacial score (nSPS) is 14.7. The fraction of sp³-hybridized carbons (Fsp3) is 0.250. The zero-order valence-electron chi connectivity index (χ0n) is 19.4. The van der Waals surface area contributed by atoms with E-state index in [-0.39, 0.29) is 12.3 Å². The second kappa shape index (κ2) is 9.97. The van der Waals surface area contributed by atoms with Crippen molar-refractivity contribution in [2.75, 3.05) is 18.0 Å². The summed E-state index contributed by atoms with van der Waals surface area (Å²) in [5, 5.41) is 0. The second-order valence-corrected chi connectivity index (χ2v) is 8.86. The van der Waals surface area contributed by atoms with Crippen LogP contribution in [-0.4, -0.2) is 28.8 Å². The van der Waals surface area contributed by atoms with Crippen LogP contribution in [0.15, 0.2) is 83.4 Å². The Hall–Kier alpha value is -3.94. The Morgan fingerprint density at radius 2 is 1.61 bits per heavy atom. The number of hydrogen-bond acceptors (Lipinski definition) is 5. The van der Waals surface area contributed by atoms with Gasteiger partial charge in [0.25, 0.3) is 0 Å². The van der Waals surface area contributed by atoms with Crippen molar-refractivity contribution in [3.8, 4) is 11.5 Å². The first-order valence-electron chi connectivity index (χ1n) is 11.8. The van der Waals surface area contributed by atoms with Crippen LogP contribution < -0.4 is 4.90 Å². The predicted octanol–water partition coefficient (Wildman–Crippen LogP) is 6.56. The summed E-state index contributed by atoms with van der Waals surface area (Å²) in [6.45, 7) is 1.72. The van der Waals surface area contributed by atoms with E-state index in [0.29, 0.717) is 17.0 Å². The number of oxazole rings is 1. The average molecular weight is 492 g/mol. The van der Waals surface area contributed by atoms with Gasteiger partial charge in [-0.2, -0.15) is 13.2 Å². The molecule has 5 nitrogen and oxygen atoms in total. The highest BCUT2D eigenvalue weighted by Gasteiger charge is 2.41. The summed E-state index contributed by atoms with van der Waals surface area (Å²) in [4.78, 5) is 23.4. The first-order valence-corrected chi connectivity index (χ1v) is 11.8. The highest BCUT2D eigenvalue weighted by Crippen LogP contribution is 2.36. The van der Waals surface area contributed by atoms with Gasteiger partial charge < -0.3 is 9.32 Å². The Morgan fingerprint density at radius 1 is 0.944 bits per heavy atom. The maximum absolute atomic E-state index is 13.6. The molecule has 0 N–H and O–H groups in total. The molecular formula is C28H24F3N3O2. The SMILES string of the molecule is O=C(Cc1ccc(N2CCC(c3ccccc3)CC2)nc1)c1nc(-c2ccccc2)oc1C(F)(F)F. The van der Waals surface area contributed by atoms with E-state index in [0.717, 1.165) is 31.7 Å². The van der Waals surface area contributed by atoms with Crippen molar-refractivity contribution >= 4 is 11.6 Å². The predicted molar refractivity (Wildman–Crippen MR) is 130 cm³/mol. The van der Waals surface area contributed by atoms with Crippen LogP contribution >= 0.6 is 0 Å². The monoisotopic (exact) mass is 491 g/mol.